The van der Waals surface area contributed by atoms with E-state index in [9.17, 15) is 0 Å². The Balaban J connectivity index is 1.71. The Morgan fingerprint density at radius 2 is 1.73 bits per heavy atom. The fraction of sp³-hybridized carbons (Fsp3) is 0.364. The molecule has 0 saturated heterocycles. The fourth-order valence-electron chi connectivity index (χ4n) is 4.12. The molecule has 2 aromatic carbocycles. The molecule has 0 spiro atoms. The highest BCUT2D eigenvalue weighted by atomic mass is 14.3. The highest BCUT2D eigenvalue weighted by molar-refractivity contribution is 5.81. The average Bonchev–Trinajstić information content (AvgIpc) is 3.23. The normalized spacial score (nSPS) is 17.6. The van der Waals surface area contributed by atoms with Crippen LogP contribution in [-0.2, 0) is 12.8 Å². The van der Waals surface area contributed by atoms with E-state index in [2.05, 4.69) is 55.5 Å². The lowest BCUT2D eigenvalue weighted by molar-refractivity contribution is 0.634. The molecule has 0 radical (unpaired) electrons. The first-order valence-electron chi connectivity index (χ1n) is 8.77. The molecule has 0 N–H and O–H groups in total. The topological polar surface area (TPSA) is 0 Å². The molecule has 0 nitrogen and oxygen atoms in total. The predicted octanol–water partition coefficient (Wildman–Crippen LogP) is 6.05. The van der Waals surface area contributed by atoms with Crippen LogP contribution >= 0.6 is 0 Å². The molecule has 2 aromatic rings. The maximum atomic E-state index is 2.51. The van der Waals surface area contributed by atoms with Gasteiger partial charge < -0.3 is 0 Å². The largest absolute Gasteiger partial charge is 0.0621 e. The van der Waals surface area contributed by atoms with Gasteiger partial charge in [-0.15, -0.1) is 0 Å². The summed E-state index contributed by atoms with van der Waals surface area (Å²) in [6.45, 7) is 2.21. The number of hydrogen-bond acceptors (Lipinski definition) is 0. The number of aryl methyl sites for hydroxylation is 1. The van der Waals surface area contributed by atoms with Crippen LogP contribution in [0.2, 0.25) is 0 Å². The first kappa shape index (κ1) is 13.8. The van der Waals surface area contributed by atoms with Gasteiger partial charge in [0.2, 0.25) is 0 Å². The van der Waals surface area contributed by atoms with Crippen LogP contribution in [0.4, 0.5) is 0 Å². The van der Waals surface area contributed by atoms with E-state index in [4.69, 9.17) is 0 Å². The van der Waals surface area contributed by atoms with Gasteiger partial charge in [-0.3, -0.25) is 0 Å². The van der Waals surface area contributed by atoms with E-state index in [-0.39, 0.29) is 0 Å². The average molecular weight is 288 g/mol. The summed E-state index contributed by atoms with van der Waals surface area (Å²) in [7, 11) is 0. The first-order chi connectivity index (χ1) is 10.8. The van der Waals surface area contributed by atoms with Crippen molar-refractivity contribution in [2.45, 2.75) is 45.4 Å². The minimum atomic E-state index is 0.850. The van der Waals surface area contributed by atoms with Gasteiger partial charge in [-0.05, 0) is 59.4 Å². The third-order valence-corrected chi connectivity index (χ3v) is 5.47. The first-order valence-corrected chi connectivity index (χ1v) is 8.77. The molecular formula is C22H24. The molecule has 2 aliphatic carbocycles. The molecule has 0 amide bonds. The van der Waals surface area contributed by atoms with Gasteiger partial charge in [-0.2, -0.15) is 0 Å². The van der Waals surface area contributed by atoms with Crippen molar-refractivity contribution in [3.63, 3.8) is 0 Å². The second kappa shape index (κ2) is 5.76. The van der Waals surface area contributed by atoms with Crippen molar-refractivity contribution in [2.75, 3.05) is 0 Å². The Hall–Kier alpha value is -1.82. The predicted molar refractivity (Wildman–Crippen MR) is 94.9 cm³/mol. The molecule has 112 valence electrons. The van der Waals surface area contributed by atoms with Crippen LogP contribution < -0.4 is 0 Å². The van der Waals surface area contributed by atoms with Gasteiger partial charge in [0.25, 0.3) is 0 Å². The minimum absolute atomic E-state index is 0.850. The Labute approximate surface area is 133 Å². The number of fused-ring (bicyclic) bond motifs is 1. The Bertz CT molecular complexity index is 697. The summed E-state index contributed by atoms with van der Waals surface area (Å²) in [5.74, 6) is 0.850. The molecule has 1 saturated carbocycles. The van der Waals surface area contributed by atoms with Gasteiger partial charge in [0.05, 0.1) is 0 Å². The van der Waals surface area contributed by atoms with Gasteiger partial charge >= 0.3 is 0 Å². The summed E-state index contributed by atoms with van der Waals surface area (Å²) in [5.41, 5.74) is 8.88. The lowest BCUT2D eigenvalue weighted by Gasteiger charge is -2.09. The third-order valence-electron chi connectivity index (χ3n) is 5.47. The van der Waals surface area contributed by atoms with Crippen LogP contribution in [0.25, 0.3) is 17.2 Å². The molecule has 0 aliphatic heterocycles. The second-order valence-electron chi connectivity index (χ2n) is 6.81. The molecule has 4 rings (SSSR count). The number of hydrogen-bond donors (Lipinski definition) is 0. The molecule has 0 atom stereocenters. The van der Waals surface area contributed by atoms with E-state index in [1.807, 2.05) is 0 Å². The zero-order valence-electron chi connectivity index (χ0n) is 13.4. The van der Waals surface area contributed by atoms with E-state index in [1.165, 1.54) is 59.9 Å². The van der Waals surface area contributed by atoms with Crippen LogP contribution in [0.15, 0.2) is 48.0 Å². The SMILES string of the molecule is CCc1ccc(-c2cccc3c2C=C(C2CCCC2)C3)cc1. The summed E-state index contributed by atoms with van der Waals surface area (Å²) in [6.07, 6.45) is 10.4. The maximum Gasteiger partial charge on any atom is -0.00548 e. The number of allylic oxidation sites excluding steroid dienone is 1. The molecule has 0 heterocycles. The summed E-state index contributed by atoms with van der Waals surface area (Å²) in [5, 5.41) is 0. The van der Waals surface area contributed by atoms with Crippen molar-refractivity contribution in [3.05, 3.63) is 64.7 Å². The van der Waals surface area contributed by atoms with Crippen LogP contribution in [0.1, 0.15) is 49.3 Å². The second-order valence-corrected chi connectivity index (χ2v) is 6.81. The quantitative estimate of drug-likeness (QED) is 0.645. The van der Waals surface area contributed by atoms with Crippen molar-refractivity contribution in [1.82, 2.24) is 0 Å². The van der Waals surface area contributed by atoms with Gasteiger partial charge in [-0.25, -0.2) is 0 Å². The molecule has 0 bridgehead atoms. The van der Waals surface area contributed by atoms with Gasteiger partial charge in [-0.1, -0.05) is 73.9 Å². The third kappa shape index (κ3) is 2.41. The molecule has 2 aliphatic rings. The zero-order chi connectivity index (χ0) is 14.9. The molecule has 0 unspecified atom stereocenters. The van der Waals surface area contributed by atoms with E-state index in [0.29, 0.717) is 0 Å². The van der Waals surface area contributed by atoms with Crippen molar-refractivity contribution < 1.29 is 0 Å². The smallest absolute Gasteiger partial charge is 0.00548 e. The van der Waals surface area contributed by atoms with Crippen molar-refractivity contribution in [2.24, 2.45) is 5.92 Å². The lowest BCUT2D eigenvalue weighted by atomic mass is 9.95. The number of rotatable bonds is 3. The Morgan fingerprint density at radius 1 is 0.955 bits per heavy atom. The van der Waals surface area contributed by atoms with Gasteiger partial charge in [0, 0.05) is 0 Å². The lowest BCUT2D eigenvalue weighted by Crippen LogP contribution is -1.97. The molecule has 0 heteroatoms. The summed E-state index contributed by atoms with van der Waals surface area (Å²) in [6, 6.07) is 15.9. The van der Waals surface area contributed by atoms with Crippen molar-refractivity contribution in [3.8, 4) is 11.1 Å². The van der Waals surface area contributed by atoms with Crippen LogP contribution in [-0.4, -0.2) is 0 Å². The van der Waals surface area contributed by atoms with Crippen LogP contribution in [0, 0.1) is 5.92 Å². The van der Waals surface area contributed by atoms with Crippen LogP contribution in [0.3, 0.4) is 0 Å². The molecule has 0 aromatic heterocycles. The van der Waals surface area contributed by atoms with E-state index in [0.717, 1.165) is 12.3 Å². The van der Waals surface area contributed by atoms with Crippen LogP contribution in [0.5, 0.6) is 0 Å². The highest BCUT2D eigenvalue weighted by Crippen LogP contribution is 2.41. The minimum Gasteiger partial charge on any atom is -0.0621 e. The summed E-state index contributed by atoms with van der Waals surface area (Å²) >= 11 is 0. The van der Waals surface area contributed by atoms with Gasteiger partial charge in [0.1, 0.15) is 0 Å². The van der Waals surface area contributed by atoms with E-state index < -0.39 is 0 Å². The van der Waals surface area contributed by atoms with E-state index >= 15 is 0 Å². The van der Waals surface area contributed by atoms with Crippen molar-refractivity contribution in [1.29, 1.82) is 0 Å². The molecule has 1 fully saturated rings. The monoisotopic (exact) mass is 288 g/mol. The summed E-state index contributed by atoms with van der Waals surface area (Å²) in [4.78, 5) is 0. The standard InChI is InChI=1S/C22H24/c1-2-16-10-12-18(13-11-16)21-9-5-8-19-14-20(15-22(19)21)17-6-3-4-7-17/h5,8-13,15,17H,2-4,6-7,14H2,1H3. The van der Waals surface area contributed by atoms with Crippen molar-refractivity contribution >= 4 is 6.08 Å². The number of benzene rings is 2. The highest BCUT2D eigenvalue weighted by Gasteiger charge is 2.24. The fourth-order valence-corrected chi connectivity index (χ4v) is 4.12. The van der Waals surface area contributed by atoms with Gasteiger partial charge in [0.15, 0.2) is 0 Å². The molecular weight excluding hydrogens is 264 g/mol. The Kier molecular flexibility index (Phi) is 3.62. The maximum absolute atomic E-state index is 2.51. The van der Waals surface area contributed by atoms with E-state index in [1.54, 1.807) is 5.57 Å². The molecule has 22 heavy (non-hydrogen) atoms. The zero-order valence-corrected chi connectivity index (χ0v) is 13.4. The summed E-state index contributed by atoms with van der Waals surface area (Å²) < 4.78 is 0. The Morgan fingerprint density at radius 3 is 2.45 bits per heavy atom.